The largest absolute Gasteiger partial charge is 0.493 e. The molecule has 1 aromatic carbocycles. The fourth-order valence-electron chi connectivity index (χ4n) is 2.06. The molecule has 1 atom stereocenters. The third-order valence-electron chi connectivity index (χ3n) is 2.80. The van der Waals surface area contributed by atoms with Gasteiger partial charge in [-0.05, 0) is 29.0 Å². The summed E-state index contributed by atoms with van der Waals surface area (Å²) in [6, 6.07) is 4.17. The minimum absolute atomic E-state index is 0.289. The van der Waals surface area contributed by atoms with Crippen LogP contribution in [0, 0.1) is 0 Å². The van der Waals surface area contributed by atoms with Gasteiger partial charge in [0, 0.05) is 23.1 Å². The van der Waals surface area contributed by atoms with Crippen molar-refractivity contribution in [2.45, 2.75) is 25.9 Å². The number of hydrogen-bond acceptors (Lipinski definition) is 3. The van der Waals surface area contributed by atoms with Crippen LogP contribution in [0.15, 0.2) is 16.6 Å². The topological polar surface area (TPSA) is 29.5 Å². The lowest BCUT2D eigenvalue weighted by atomic mass is 10.0. The molecule has 0 saturated carbocycles. The Morgan fingerprint density at radius 3 is 3.12 bits per heavy atom. The van der Waals surface area contributed by atoms with E-state index in [1.165, 1.54) is 5.56 Å². The van der Waals surface area contributed by atoms with Crippen molar-refractivity contribution in [1.82, 2.24) is 0 Å². The van der Waals surface area contributed by atoms with Crippen molar-refractivity contribution in [2.75, 3.05) is 18.1 Å². The second-order valence-electron chi connectivity index (χ2n) is 4.17. The summed E-state index contributed by atoms with van der Waals surface area (Å²) in [7, 11) is 0. The maximum Gasteiger partial charge on any atom is 0.125 e. The second-order valence-corrected chi connectivity index (χ2v) is 6.40. The summed E-state index contributed by atoms with van der Waals surface area (Å²) in [6.45, 7) is 2.87. The first-order valence-corrected chi connectivity index (χ1v) is 7.85. The van der Waals surface area contributed by atoms with E-state index in [9.17, 15) is 5.11 Å². The van der Waals surface area contributed by atoms with Crippen molar-refractivity contribution in [2.24, 2.45) is 0 Å². The molecule has 0 amide bonds. The Balaban J connectivity index is 2.10. The fraction of sp³-hybridized carbons (Fsp3) is 0.538. The highest BCUT2D eigenvalue weighted by atomic mass is 79.9. The lowest BCUT2D eigenvalue weighted by molar-refractivity contribution is 0.198. The van der Waals surface area contributed by atoms with Gasteiger partial charge in [0.25, 0.3) is 0 Å². The maximum atomic E-state index is 9.96. The highest BCUT2D eigenvalue weighted by molar-refractivity contribution is 9.10. The third kappa shape index (κ3) is 3.39. The van der Waals surface area contributed by atoms with E-state index in [0.717, 1.165) is 40.3 Å². The van der Waals surface area contributed by atoms with E-state index in [1.807, 2.05) is 0 Å². The summed E-state index contributed by atoms with van der Waals surface area (Å²) in [5, 5.41) is 9.96. The van der Waals surface area contributed by atoms with E-state index in [0.29, 0.717) is 6.42 Å². The van der Waals surface area contributed by atoms with Crippen LogP contribution in [0.2, 0.25) is 0 Å². The molecule has 0 spiro atoms. The molecular formula is C13H17BrO2S. The zero-order chi connectivity index (χ0) is 12.3. The molecule has 17 heavy (non-hydrogen) atoms. The molecule has 2 nitrogen and oxygen atoms in total. The van der Waals surface area contributed by atoms with Crippen molar-refractivity contribution < 1.29 is 9.84 Å². The van der Waals surface area contributed by atoms with E-state index in [1.54, 1.807) is 11.8 Å². The second kappa shape index (κ2) is 6.12. The van der Waals surface area contributed by atoms with Crippen molar-refractivity contribution in [3.05, 3.63) is 27.7 Å². The van der Waals surface area contributed by atoms with Gasteiger partial charge in [-0.15, -0.1) is 0 Å². The third-order valence-corrected chi connectivity index (χ3v) is 4.28. The summed E-state index contributed by atoms with van der Waals surface area (Å²) in [4.78, 5) is 0. The molecule has 4 heteroatoms. The van der Waals surface area contributed by atoms with Crippen molar-refractivity contribution >= 4 is 27.7 Å². The number of thioether (sulfide) groups is 1. The SMILES string of the molecule is CCSCC(O)Cc1cc(Br)cc2c1OCC2. The quantitative estimate of drug-likeness (QED) is 0.905. The number of ether oxygens (including phenoxy) is 1. The van der Waals surface area contributed by atoms with Gasteiger partial charge >= 0.3 is 0 Å². The molecule has 0 aliphatic carbocycles. The van der Waals surface area contributed by atoms with Crippen LogP contribution in [0.5, 0.6) is 5.75 Å². The molecular weight excluding hydrogens is 300 g/mol. The Morgan fingerprint density at radius 1 is 1.53 bits per heavy atom. The van der Waals surface area contributed by atoms with Gasteiger partial charge in [-0.2, -0.15) is 11.8 Å². The van der Waals surface area contributed by atoms with Gasteiger partial charge in [0.15, 0.2) is 0 Å². The predicted octanol–water partition coefficient (Wildman–Crippen LogP) is 3.04. The predicted molar refractivity (Wildman–Crippen MR) is 76.1 cm³/mol. The monoisotopic (exact) mass is 316 g/mol. The van der Waals surface area contributed by atoms with Gasteiger partial charge in [0.2, 0.25) is 0 Å². The summed E-state index contributed by atoms with van der Waals surface area (Å²) < 4.78 is 6.73. The summed E-state index contributed by atoms with van der Waals surface area (Å²) in [6.07, 6.45) is 1.36. The molecule has 1 N–H and O–H groups in total. The van der Waals surface area contributed by atoms with Gasteiger partial charge in [-0.1, -0.05) is 22.9 Å². The molecule has 1 aromatic rings. The van der Waals surface area contributed by atoms with E-state index < -0.39 is 0 Å². The van der Waals surface area contributed by atoms with Crippen LogP contribution < -0.4 is 4.74 Å². The van der Waals surface area contributed by atoms with Crippen molar-refractivity contribution in [1.29, 1.82) is 0 Å². The van der Waals surface area contributed by atoms with Crippen LogP contribution in [-0.2, 0) is 12.8 Å². The zero-order valence-electron chi connectivity index (χ0n) is 9.91. The number of halogens is 1. The van der Waals surface area contributed by atoms with Gasteiger partial charge < -0.3 is 9.84 Å². The number of hydrogen-bond donors (Lipinski definition) is 1. The molecule has 0 aromatic heterocycles. The highest BCUT2D eigenvalue weighted by Crippen LogP contribution is 2.33. The van der Waals surface area contributed by atoms with Crippen molar-refractivity contribution in [3.63, 3.8) is 0 Å². The van der Waals surface area contributed by atoms with E-state index in [2.05, 4.69) is 35.0 Å². The summed E-state index contributed by atoms with van der Waals surface area (Å²) in [5.41, 5.74) is 2.38. The summed E-state index contributed by atoms with van der Waals surface area (Å²) in [5.74, 6) is 2.83. The van der Waals surface area contributed by atoms with Gasteiger partial charge in [0.05, 0.1) is 12.7 Å². The Bertz CT molecular complexity index is 395. The van der Waals surface area contributed by atoms with Crippen LogP contribution in [0.1, 0.15) is 18.1 Å². The number of aliphatic hydroxyl groups excluding tert-OH is 1. The lowest BCUT2D eigenvalue weighted by Crippen LogP contribution is -2.14. The first-order chi connectivity index (χ1) is 8.20. The number of rotatable bonds is 5. The molecule has 1 aliphatic rings. The Kier molecular flexibility index (Phi) is 4.77. The first kappa shape index (κ1) is 13.2. The number of fused-ring (bicyclic) bond motifs is 1. The molecule has 1 heterocycles. The molecule has 0 saturated heterocycles. The Morgan fingerprint density at radius 2 is 2.35 bits per heavy atom. The normalized spacial score (nSPS) is 15.5. The van der Waals surface area contributed by atoms with Gasteiger partial charge in [-0.25, -0.2) is 0 Å². The van der Waals surface area contributed by atoms with Crippen LogP contribution in [0.25, 0.3) is 0 Å². The van der Waals surface area contributed by atoms with Crippen LogP contribution >= 0.6 is 27.7 Å². The minimum Gasteiger partial charge on any atom is -0.493 e. The van der Waals surface area contributed by atoms with Crippen molar-refractivity contribution in [3.8, 4) is 5.75 Å². The summed E-state index contributed by atoms with van der Waals surface area (Å²) >= 11 is 5.29. The van der Waals surface area contributed by atoms with Crippen LogP contribution in [0.3, 0.4) is 0 Å². The molecule has 94 valence electrons. The number of benzene rings is 1. The average Bonchev–Trinajstić information content (AvgIpc) is 2.74. The minimum atomic E-state index is -0.289. The standard InChI is InChI=1S/C13H17BrO2S/c1-2-17-8-12(15)7-10-6-11(14)5-9-3-4-16-13(9)10/h5-6,12,15H,2-4,7-8H2,1H3. The van der Waals surface area contributed by atoms with Crippen LogP contribution in [-0.4, -0.2) is 29.3 Å². The Labute approximate surface area is 115 Å². The van der Waals surface area contributed by atoms with Gasteiger partial charge in [0.1, 0.15) is 5.75 Å². The zero-order valence-corrected chi connectivity index (χ0v) is 12.3. The molecule has 0 bridgehead atoms. The highest BCUT2D eigenvalue weighted by Gasteiger charge is 2.19. The smallest absolute Gasteiger partial charge is 0.125 e. The fourth-order valence-corrected chi connectivity index (χ4v) is 3.24. The van der Waals surface area contributed by atoms with E-state index in [-0.39, 0.29) is 6.10 Å². The first-order valence-electron chi connectivity index (χ1n) is 5.90. The van der Waals surface area contributed by atoms with Gasteiger partial charge in [-0.3, -0.25) is 0 Å². The Hall–Kier alpha value is -0.190. The average molecular weight is 317 g/mol. The molecule has 1 aliphatic heterocycles. The van der Waals surface area contributed by atoms with E-state index in [4.69, 9.17) is 4.74 Å². The molecule has 0 radical (unpaired) electrons. The van der Waals surface area contributed by atoms with E-state index >= 15 is 0 Å². The van der Waals surface area contributed by atoms with Crippen LogP contribution in [0.4, 0.5) is 0 Å². The molecule has 2 rings (SSSR count). The lowest BCUT2D eigenvalue weighted by Gasteiger charge is -2.13. The number of aliphatic hydroxyl groups is 1. The molecule has 1 unspecified atom stereocenters. The maximum absolute atomic E-state index is 9.96. The molecule has 0 fully saturated rings.